The molecule has 1 heterocycles. The summed E-state index contributed by atoms with van der Waals surface area (Å²) in [5.74, 6) is 2.63. The van der Waals surface area contributed by atoms with E-state index < -0.39 is 7.37 Å². The Morgan fingerprint density at radius 3 is 1.83 bits per heavy atom. The van der Waals surface area contributed by atoms with Crippen LogP contribution < -0.4 is 36.1 Å². The predicted molar refractivity (Wildman–Crippen MR) is 165 cm³/mol. The van der Waals surface area contributed by atoms with Crippen LogP contribution in [0.5, 0.6) is 28.7 Å². The maximum absolute atomic E-state index is 15.4. The van der Waals surface area contributed by atoms with Crippen LogP contribution in [-0.4, -0.2) is 0 Å². The zero-order chi connectivity index (χ0) is 28.0. The molecule has 6 aromatic rings. The smallest absolute Gasteiger partial charge is 0.311 e. The van der Waals surface area contributed by atoms with Gasteiger partial charge in [-0.3, -0.25) is 4.57 Å². The zero-order valence-corrected chi connectivity index (χ0v) is 22.8. The van der Waals surface area contributed by atoms with Gasteiger partial charge in [0.1, 0.15) is 28.7 Å². The molecule has 0 saturated carbocycles. The van der Waals surface area contributed by atoms with Crippen LogP contribution in [0.4, 0.5) is 11.4 Å². The molecule has 0 spiro atoms. The summed E-state index contributed by atoms with van der Waals surface area (Å²) in [6.07, 6.45) is 0. The van der Waals surface area contributed by atoms with Crippen LogP contribution in [-0.2, 0) is 4.57 Å². The van der Waals surface area contributed by atoms with Crippen LogP contribution >= 0.6 is 7.37 Å². The summed E-state index contributed by atoms with van der Waals surface area (Å²) in [5, 5.41) is 2.49. The number of benzene rings is 6. The van der Waals surface area contributed by atoms with Gasteiger partial charge in [-0.25, -0.2) is 0 Å². The van der Waals surface area contributed by atoms with Gasteiger partial charge in [0.05, 0.1) is 10.6 Å². The van der Waals surface area contributed by atoms with E-state index in [-0.39, 0.29) is 0 Å². The van der Waals surface area contributed by atoms with E-state index in [4.69, 9.17) is 25.5 Å². The SMILES string of the molecule is Nc1ccc(Oc2cc(P3(=O)Oc4ccccc4-c4ccccc43)c(Oc3ccc(N)cc3)c3ccccc23)cc1. The molecule has 7 heteroatoms. The van der Waals surface area contributed by atoms with Gasteiger partial charge in [0.25, 0.3) is 0 Å². The summed E-state index contributed by atoms with van der Waals surface area (Å²) in [6.45, 7) is 0. The van der Waals surface area contributed by atoms with E-state index in [0.717, 1.165) is 21.9 Å². The van der Waals surface area contributed by atoms with E-state index in [1.165, 1.54) is 0 Å². The topological polar surface area (TPSA) is 96.8 Å². The Balaban J connectivity index is 1.50. The lowest BCUT2D eigenvalue weighted by atomic mass is 10.0. The van der Waals surface area contributed by atoms with Crippen LogP contribution in [0.15, 0.2) is 127 Å². The van der Waals surface area contributed by atoms with Gasteiger partial charge in [-0.2, -0.15) is 0 Å². The van der Waals surface area contributed by atoms with Crippen molar-refractivity contribution in [1.29, 1.82) is 0 Å². The molecule has 4 N–H and O–H groups in total. The first kappa shape index (κ1) is 24.8. The molecule has 0 aromatic heterocycles. The first-order valence-corrected chi connectivity index (χ1v) is 14.7. The van der Waals surface area contributed by atoms with Crippen LogP contribution in [0.2, 0.25) is 0 Å². The van der Waals surface area contributed by atoms with E-state index in [1.54, 1.807) is 54.6 Å². The number of anilines is 2. The molecule has 0 radical (unpaired) electrons. The monoisotopic (exact) mass is 556 g/mol. The van der Waals surface area contributed by atoms with E-state index in [9.17, 15) is 0 Å². The number of hydrogen-bond acceptors (Lipinski definition) is 6. The van der Waals surface area contributed by atoms with E-state index >= 15 is 4.57 Å². The molecule has 200 valence electrons. The molecule has 1 aliphatic rings. The van der Waals surface area contributed by atoms with Crippen LogP contribution in [0.3, 0.4) is 0 Å². The highest BCUT2D eigenvalue weighted by Crippen LogP contribution is 2.57. The molecule has 6 nitrogen and oxygen atoms in total. The Bertz CT molecular complexity index is 1970. The molecular formula is C34H25N2O4P. The van der Waals surface area contributed by atoms with Crippen molar-refractivity contribution >= 4 is 40.1 Å². The van der Waals surface area contributed by atoms with Gasteiger partial charge < -0.3 is 25.5 Å². The second-order valence-corrected chi connectivity index (χ2v) is 12.0. The van der Waals surface area contributed by atoms with Crippen molar-refractivity contribution in [1.82, 2.24) is 0 Å². The number of para-hydroxylation sites is 1. The highest BCUT2D eigenvalue weighted by Gasteiger charge is 2.41. The van der Waals surface area contributed by atoms with Crippen molar-refractivity contribution in [3.63, 3.8) is 0 Å². The van der Waals surface area contributed by atoms with Crippen LogP contribution in [0.1, 0.15) is 0 Å². The van der Waals surface area contributed by atoms with Crippen molar-refractivity contribution in [2.45, 2.75) is 0 Å². The number of nitrogen functional groups attached to an aromatic ring is 2. The molecule has 1 aliphatic heterocycles. The molecule has 1 unspecified atom stereocenters. The third kappa shape index (κ3) is 4.35. The summed E-state index contributed by atoms with van der Waals surface area (Å²) in [7, 11) is -3.77. The molecule has 7 rings (SSSR count). The maximum atomic E-state index is 15.4. The fourth-order valence-electron chi connectivity index (χ4n) is 5.12. The molecule has 0 aliphatic carbocycles. The van der Waals surface area contributed by atoms with E-state index in [2.05, 4.69) is 0 Å². The van der Waals surface area contributed by atoms with Crippen molar-refractivity contribution in [2.24, 2.45) is 0 Å². The van der Waals surface area contributed by atoms with E-state index in [1.807, 2.05) is 72.8 Å². The molecular weight excluding hydrogens is 531 g/mol. The molecule has 0 bridgehead atoms. The third-order valence-corrected chi connectivity index (χ3v) is 9.53. The average Bonchev–Trinajstić information content (AvgIpc) is 3.00. The summed E-state index contributed by atoms with van der Waals surface area (Å²) in [6, 6.07) is 39.0. The Hall–Kier alpha value is -5.19. The van der Waals surface area contributed by atoms with Gasteiger partial charge in [0, 0.05) is 27.7 Å². The largest absolute Gasteiger partial charge is 0.457 e. The van der Waals surface area contributed by atoms with Crippen molar-refractivity contribution in [3.8, 4) is 39.9 Å². The summed E-state index contributed by atoms with van der Waals surface area (Å²) in [4.78, 5) is 0. The lowest BCUT2D eigenvalue weighted by Crippen LogP contribution is -2.26. The Labute approximate surface area is 237 Å². The Kier molecular flexibility index (Phi) is 5.92. The normalized spacial score (nSPS) is 15.4. The first-order chi connectivity index (χ1) is 20.0. The quantitative estimate of drug-likeness (QED) is 0.166. The van der Waals surface area contributed by atoms with E-state index in [0.29, 0.717) is 50.7 Å². The minimum absolute atomic E-state index is 0.389. The maximum Gasteiger partial charge on any atom is 0.311 e. The number of hydrogen-bond donors (Lipinski definition) is 2. The summed E-state index contributed by atoms with van der Waals surface area (Å²) < 4.78 is 34.8. The Morgan fingerprint density at radius 2 is 1.12 bits per heavy atom. The molecule has 0 fully saturated rings. The van der Waals surface area contributed by atoms with Gasteiger partial charge in [0.2, 0.25) is 0 Å². The number of nitrogens with two attached hydrogens (primary N) is 2. The first-order valence-electron chi connectivity index (χ1n) is 13.1. The minimum atomic E-state index is -3.77. The molecule has 0 amide bonds. The molecule has 1 atom stereocenters. The average molecular weight is 557 g/mol. The highest BCUT2D eigenvalue weighted by molar-refractivity contribution is 7.75. The number of rotatable bonds is 5. The molecule has 6 aromatic carbocycles. The molecule has 0 saturated heterocycles. The van der Waals surface area contributed by atoms with Gasteiger partial charge >= 0.3 is 7.37 Å². The van der Waals surface area contributed by atoms with Crippen LogP contribution in [0, 0.1) is 0 Å². The minimum Gasteiger partial charge on any atom is -0.457 e. The standard InChI is InChI=1S/C34H25N2O4P/c35-22-13-17-24(18-14-22)38-31-21-33(34(29-10-2-1-8-27(29)31)39-25-19-15-23(36)16-20-25)41(37)32-12-6-4-9-28(32)26-7-3-5-11-30(26)40-41/h1-21H,35-36H2. The lowest BCUT2D eigenvalue weighted by molar-refractivity contribution is 0.475. The molecule has 41 heavy (non-hydrogen) atoms. The predicted octanol–water partition coefficient (Wildman–Crippen LogP) is 7.88. The highest BCUT2D eigenvalue weighted by atomic mass is 31.2. The zero-order valence-electron chi connectivity index (χ0n) is 21.9. The fourth-order valence-corrected chi connectivity index (χ4v) is 7.53. The van der Waals surface area contributed by atoms with Gasteiger partial charge in [-0.1, -0.05) is 60.7 Å². The fraction of sp³-hybridized carbons (Fsp3) is 0. The summed E-state index contributed by atoms with van der Waals surface area (Å²) in [5.41, 5.74) is 14.8. The number of fused-ring (bicyclic) bond motifs is 4. The summed E-state index contributed by atoms with van der Waals surface area (Å²) >= 11 is 0. The number of ether oxygens (including phenoxy) is 2. The van der Waals surface area contributed by atoms with Gasteiger partial charge in [0.15, 0.2) is 0 Å². The second kappa shape index (κ2) is 9.77. The van der Waals surface area contributed by atoms with Crippen molar-refractivity contribution in [2.75, 3.05) is 11.5 Å². The Morgan fingerprint density at radius 1 is 0.561 bits per heavy atom. The third-order valence-electron chi connectivity index (χ3n) is 7.09. The van der Waals surface area contributed by atoms with Gasteiger partial charge in [-0.15, -0.1) is 0 Å². The van der Waals surface area contributed by atoms with Crippen molar-refractivity contribution in [3.05, 3.63) is 127 Å². The van der Waals surface area contributed by atoms with Crippen LogP contribution in [0.25, 0.3) is 21.9 Å². The second-order valence-electron chi connectivity index (χ2n) is 9.77. The van der Waals surface area contributed by atoms with Gasteiger partial charge in [-0.05, 0) is 72.3 Å². The van der Waals surface area contributed by atoms with Crippen molar-refractivity contribution < 1.29 is 18.6 Å². The lowest BCUT2D eigenvalue weighted by Gasteiger charge is -2.30.